The van der Waals surface area contributed by atoms with Crippen LogP contribution in [0.1, 0.15) is 16.7 Å². The van der Waals surface area contributed by atoms with Crippen molar-refractivity contribution in [1.29, 1.82) is 5.41 Å². The summed E-state index contributed by atoms with van der Waals surface area (Å²) in [6.45, 7) is 2.55. The minimum absolute atomic E-state index is 0.0266. The Balaban J connectivity index is 1.53. The number of anilines is 1. The van der Waals surface area contributed by atoms with E-state index in [-0.39, 0.29) is 18.3 Å². The Bertz CT molecular complexity index is 1380. The third-order valence-corrected chi connectivity index (χ3v) is 5.91. The van der Waals surface area contributed by atoms with Gasteiger partial charge in [-0.2, -0.15) is 0 Å². The van der Waals surface area contributed by atoms with E-state index in [4.69, 9.17) is 15.9 Å². The predicted octanol–water partition coefficient (Wildman–Crippen LogP) is 5.02. The minimum Gasteiger partial charge on any atom is -0.482 e. The Morgan fingerprint density at radius 3 is 2.62 bits per heavy atom. The third-order valence-electron chi connectivity index (χ3n) is 5.91. The van der Waals surface area contributed by atoms with Gasteiger partial charge in [-0.05, 0) is 64.2 Å². The molecular formula is C27H23N3O2. The van der Waals surface area contributed by atoms with Crippen molar-refractivity contribution < 1.29 is 9.53 Å². The maximum atomic E-state index is 12.8. The Labute approximate surface area is 186 Å². The minimum atomic E-state index is -0.0722. The van der Waals surface area contributed by atoms with Crippen LogP contribution < -0.4 is 15.4 Å². The van der Waals surface area contributed by atoms with Gasteiger partial charge in [0.1, 0.15) is 11.6 Å². The molecule has 0 saturated heterocycles. The fraction of sp³-hybridized carbons (Fsp3) is 0.111. The summed E-state index contributed by atoms with van der Waals surface area (Å²) in [6.07, 6.45) is 0. The fourth-order valence-electron chi connectivity index (χ4n) is 4.18. The molecule has 0 fully saturated rings. The molecule has 0 aliphatic carbocycles. The summed E-state index contributed by atoms with van der Waals surface area (Å²) in [6, 6.07) is 26.0. The second kappa shape index (κ2) is 7.85. The molecular weight excluding hydrogens is 398 g/mol. The summed E-state index contributed by atoms with van der Waals surface area (Å²) >= 11 is 0. The molecule has 1 aliphatic heterocycles. The Hall–Kier alpha value is -4.12. The lowest BCUT2D eigenvalue weighted by atomic mass is 9.99. The number of hydrogen-bond donors (Lipinski definition) is 2. The Kier molecular flexibility index (Phi) is 4.86. The van der Waals surface area contributed by atoms with E-state index in [2.05, 4.69) is 25.1 Å². The van der Waals surface area contributed by atoms with E-state index in [9.17, 15) is 4.79 Å². The van der Waals surface area contributed by atoms with Gasteiger partial charge in [-0.1, -0.05) is 54.6 Å². The summed E-state index contributed by atoms with van der Waals surface area (Å²) in [5.74, 6) is 0.678. The van der Waals surface area contributed by atoms with Crippen LogP contribution in [0.5, 0.6) is 5.75 Å². The second-order valence-electron chi connectivity index (χ2n) is 8.08. The molecule has 0 radical (unpaired) electrons. The number of nitrogens with two attached hydrogens (primary N) is 1. The Morgan fingerprint density at radius 2 is 1.81 bits per heavy atom. The lowest BCUT2D eigenvalue weighted by Crippen LogP contribution is -2.38. The molecule has 4 aromatic rings. The predicted molar refractivity (Wildman–Crippen MR) is 128 cm³/mol. The molecule has 0 saturated carbocycles. The molecule has 32 heavy (non-hydrogen) atoms. The lowest BCUT2D eigenvalue weighted by molar-refractivity contribution is -0.121. The topological polar surface area (TPSA) is 79.4 Å². The van der Waals surface area contributed by atoms with Gasteiger partial charge in [0.2, 0.25) is 0 Å². The smallest absolute Gasteiger partial charge is 0.265 e. The highest BCUT2D eigenvalue weighted by atomic mass is 16.5. The first kappa shape index (κ1) is 19.8. The molecule has 3 N–H and O–H groups in total. The first-order valence-electron chi connectivity index (χ1n) is 10.5. The van der Waals surface area contributed by atoms with Gasteiger partial charge in [-0.25, -0.2) is 0 Å². The average molecular weight is 422 g/mol. The van der Waals surface area contributed by atoms with Crippen LogP contribution in [0.25, 0.3) is 21.9 Å². The van der Waals surface area contributed by atoms with Gasteiger partial charge < -0.3 is 15.4 Å². The van der Waals surface area contributed by atoms with Gasteiger partial charge >= 0.3 is 0 Å². The normalized spacial score (nSPS) is 13.0. The molecule has 0 aromatic heterocycles. The number of nitrogens with one attached hydrogen (secondary N) is 1. The van der Waals surface area contributed by atoms with Crippen LogP contribution in [0.3, 0.4) is 0 Å². The molecule has 1 aliphatic rings. The first-order chi connectivity index (χ1) is 15.5. The van der Waals surface area contributed by atoms with Gasteiger partial charge in [-0.15, -0.1) is 0 Å². The van der Waals surface area contributed by atoms with Crippen molar-refractivity contribution in [2.75, 3.05) is 11.5 Å². The van der Waals surface area contributed by atoms with Crippen LogP contribution in [0.2, 0.25) is 0 Å². The number of amidine groups is 1. The number of nitrogens with zero attached hydrogens (tertiary/aromatic N) is 1. The molecule has 0 bridgehead atoms. The van der Waals surface area contributed by atoms with Crippen LogP contribution in [-0.2, 0) is 11.3 Å². The average Bonchev–Trinajstić information content (AvgIpc) is 2.80. The van der Waals surface area contributed by atoms with Gasteiger partial charge in [0.15, 0.2) is 6.61 Å². The zero-order valence-electron chi connectivity index (χ0n) is 17.8. The van der Waals surface area contributed by atoms with Crippen LogP contribution >= 0.6 is 0 Å². The number of carbonyl (C=O) groups excluding carboxylic acids is 1. The van der Waals surface area contributed by atoms with Gasteiger partial charge in [0.05, 0.1) is 12.2 Å². The molecule has 1 heterocycles. The number of amides is 1. The number of benzene rings is 4. The van der Waals surface area contributed by atoms with Crippen LogP contribution in [0.4, 0.5) is 5.69 Å². The Morgan fingerprint density at radius 1 is 1.00 bits per heavy atom. The molecule has 5 heteroatoms. The molecule has 1 amide bonds. The number of aryl methyl sites for hydroxylation is 1. The lowest BCUT2D eigenvalue weighted by Gasteiger charge is -2.30. The number of ether oxygens (including phenoxy) is 1. The quantitative estimate of drug-likeness (QED) is 0.358. The standard InChI is InChI=1S/C27H23N3O2/c1-17-4-2-3-5-23(17)20-10-11-25-24(14-20)30(26(31)16-32-25)15-18-6-7-19-8-9-21(27(28)29)13-22(19)12-18/h2-14H,15-16H2,1H3,(H3,28,29). The van der Waals surface area contributed by atoms with E-state index in [1.54, 1.807) is 4.90 Å². The summed E-state index contributed by atoms with van der Waals surface area (Å²) in [5.41, 5.74) is 11.5. The zero-order chi connectivity index (χ0) is 22.2. The highest BCUT2D eigenvalue weighted by Crippen LogP contribution is 2.37. The summed E-state index contributed by atoms with van der Waals surface area (Å²) in [7, 11) is 0. The number of hydrogen-bond acceptors (Lipinski definition) is 3. The van der Waals surface area contributed by atoms with Crippen molar-refractivity contribution in [3.8, 4) is 16.9 Å². The molecule has 4 aromatic carbocycles. The number of nitrogen functional groups attached to an aromatic ring is 1. The summed E-state index contributed by atoms with van der Waals surface area (Å²) in [4.78, 5) is 14.6. The van der Waals surface area contributed by atoms with E-state index < -0.39 is 0 Å². The van der Waals surface area contributed by atoms with Crippen LogP contribution in [-0.4, -0.2) is 18.3 Å². The first-order valence-corrected chi connectivity index (χ1v) is 10.5. The molecule has 158 valence electrons. The molecule has 0 atom stereocenters. The maximum absolute atomic E-state index is 12.8. The number of fused-ring (bicyclic) bond motifs is 2. The molecule has 0 spiro atoms. The van der Waals surface area contributed by atoms with E-state index in [1.165, 1.54) is 5.56 Å². The van der Waals surface area contributed by atoms with Crippen LogP contribution in [0, 0.1) is 12.3 Å². The van der Waals surface area contributed by atoms with E-state index in [1.807, 2.05) is 60.7 Å². The van der Waals surface area contributed by atoms with Gasteiger partial charge in [-0.3, -0.25) is 10.2 Å². The van der Waals surface area contributed by atoms with Crippen molar-refractivity contribution in [2.45, 2.75) is 13.5 Å². The fourth-order valence-corrected chi connectivity index (χ4v) is 4.18. The largest absolute Gasteiger partial charge is 0.482 e. The molecule has 0 unspecified atom stereocenters. The highest BCUT2D eigenvalue weighted by Gasteiger charge is 2.26. The monoisotopic (exact) mass is 421 g/mol. The zero-order valence-corrected chi connectivity index (χ0v) is 17.8. The van der Waals surface area contributed by atoms with E-state index in [0.717, 1.165) is 33.2 Å². The van der Waals surface area contributed by atoms with Crippen LogP contribution in [0.15, 0.2) is 78.9 Å². The van der Waals surface area contributed by atoms with Crippen molar-refractivity contribution >= 4 is 28.2 Å². The van der Waals surface area contributed by atoms with Crippen molar-refractivity contribution in [2.24, 2.45) is 5.73 Å². The summed E-state index contributed by atoms with van der Waals surface area (Å²) < 4.78 is 5.71. The number of carbonyl (C=O) groups is 1. The SMILES string of the molecule is Cc1ccccc1-c1ccc2c(c1)N(Cc1ccc3ccc(C(=N)N)cc3c1)C(=O)CO2. The van der Waals surface area contributed by atoms with Crippen molar-refractivity contribution in [3.63, 3.8) is 0 Å². The third kappa shape index (κ3) is 3.58. The summed E-state index contributed by atoms with van der Waals surface area (Å²) in [5, 5.41) is 9.75. The van der Waals surface area contributed by atoms with Gasteiger partial charge in [0, 0.05) is 5.56 Å². The highest BCUT2D eigenvalue weighted by molar-refractivity contribution is 6.00. The van der Waals surface area contributed by atoms with Gasteiger partial charge in [0.25, 0.3) is 5.91 Å². The van der Waals surface area contributed by atoms with E-state index in [0.29, 0.717) is 17.9 Å². The molecule has 5 nitrogen and oxygen atoms in total. The molecule has 5 rings (SSSR count). The number of rotatable bonds is 4. The van der Waals surface area contributed by atoms with Crippen molar-refractivity contribution in [3.05, 3.63) is 95.6 Å². The second-order valence-corrected chi connectivity index (χ2v) is 8.08. The van der Waals surface area contributed by atoms with E-state index >= 15 is 0 Å². The van der Waals surface area contributed by atoms with Crippen molar-refractivity contribution in [1.82, 2.24) is 0 Å². The maximum Gasteiger partial charge on any atom is 0.265 e.